The van der Waals surface area contributed by atoms with E-state index in [-0.39, 0.29) is 0 Å². The molecule has 1 aromatic rings. The summed E-state index contributed by atoms with van der Waals surface area (Å²) in [4.78, 5) is 0.363. The van der Waals surface area contributed by atoms with Crippen molar-refractivity contribution in [3.63, 3.8) is 0 Å². The Morgan fingerprint density at radius 3 is 2.76 bits per heavy atom. The van der Waals surface area contributed by atoms with Crippen LogP contribution < -0.4 is 5.32 Å². The van der Waals surface area contributed by atoms with E-state index in [1.54, 1.807) is 22.5 Å². The zero-order chi connectivity index (χ0) is 15.5. The van der Waals surface area contributed by atoms with Gasteiger partial charge in [0.05, 0.1) is 4.90 Å². The Labute approximate surface area is 136 Å². The van der Waals surface area contributed by atoms with Gasteiger partial charge >= 0.3 is 0 Å². The van der Waals surface area contributed by atoms with Crippen LogP contribution in [-0.2, 0) is 10.0 Å². The molecule has 1 N–H and O–H groups in total. The number of nitrogens with zero attached hydrogens (tertiary/aromatic N) is 1. The van der Waals surface area contributed by atoms with E-state index >= 15 is 0 Å². The van der Waals surface area contributed by atoms with Crippen molar-refractivity contribution in [3.8, 4) is 0 Å². The molecular formula is C15H23BrN2O2S. The Morgan fingerprint density at radius 1 is 1.38 bits per heavy atom. The Bertz CT molecular complexity index is 575. The zero-order valence-corrected chi connectivity index (χ0v) is 15.0. The van der Waals surface area contributed by atoms with Gasteiger partial charge in [-0.1, -0.05) is 26.0 Å². The van der Waals surface area contributed by atoms with Crippen LogP contribution in [-0.4, -0.2) is 38.4 Å². The molecule has 1 saturated heterocycles. The fourth-order valence-corrected chi connectivity index (χ4v) is 5.13. The summed E-state index contributed by atoms with van der Waals surface area (Å²) < 4.78 is 27.8. The summed E-state index contributed by atoms with van der Waals surface area (Å²) in [6.07, 6.45) is 2.01. The first-order valence-electron chi connectivity index (χ1n) is 7.39. The van der Waals surface area contributed by atoms with Crippen LogP contribution in [0.5, 0.6) is 0 Å². The number of hydrogen-bond acceptors (Lipinski definition) is 3. The lowest BCUT2D eigenvalue weighted by Gasteiger charge is -2.32. The molecule has 1 atom stereocenters. The molecule has 0 radical (unpaired) electrons. The van der Waals surface area contributed by atoms with E-state index in [1.807, 2.05) is 6.07 Å². The van der Waals surface area contributed by atoms with Crippen molar-refractivity contribution in [2.45, 2.75) is 37.6 Å². The van der Waals surface area contributed by atoms with E-state index < -0.39 is 10.0 Å². The highest BCUT2D eigenvalue weighted by Gasteiger charge is 2.31. The van der Waals surface area contributed by atoms with Gasteiger partial charge in [0.25, 0.3) is 0 Å². The van der Waals surface area contributed by atoms with Gasteiger partial charge in [-0.15, -0.1) is 0 Å². The van der Waals surface area contributed by atoms with Crippen LogP contribution in [0, 0.1) is 5.92 Å². The maximum absolute atomic E-state index is 12.8. The lowest BCUT2D eigenvalue weighted by Crippen LogP contribution is -2.43. The Kier molecular flexibility index (Phi) is 5.82. The molecule has 0 aliphatic carbocycles. The van der Waals surface area contributed by atoms with Crippen molar-refractivity contribution in [2.75, 3.05) is 19.6 Å². The molecule has 1 fully saturated rings. The van der Waals surface area contributed by atoms with Gasteiger partial charge in [0.15, 0.2) is 0 Å². The number of halogens is 1. The molecule has 118 valence electrons. The monoisotopic (exact) mass is 374 g/mol. The molecule has 0 amide bonds. The van der Waals surface area contributed by atoms with Gasteiger partial charge in [0, 0.05) is 23.6 Å². The first-order valence-corrected chi connectivity index (χ1v) is 9.62. The van der Waals surface area contributed by atoms with Crippen molar-refractivity contribution in [2.24, 2.45) is 5.92 Å². The fourth-order valence-electron chi connectivity index (χ4n) is 2.61. The molecule has 21 heavy (non-hydrogen) atoms. The molecular weight excluding hydrogens is 352 g/mol. The molecule has 0 saturated carbocycles. The highest BCUT2D eigenvalue weighted by molar-refractivity contribution is 9.10. The molecule has 0 aromatic heterocycles. The summed E-state index contributed by atoms with van der Waals surface area (Å²) in [6.45, 7) is 6.31. The van der Waals surface area contributed by atoms with Crippen molar-refractivity contribution in [1.29, 1.82) is 0 Å². The van der Waals surface area contributed by atoms with E-state index in [9.17, 15) is 8.42 Å². The maximum Gasteiger partial charge on any atom is 0.244 e. The van der Waals surface area contributed by atoms with Gasteiger partial charge in [-0.05, 0) is 53.4 Å². The fraction of sp³-hybridized carbons (Fsp3) is 0.600. The first-order chi connectivity index (χ1) is 9.91. The lowest BCUT2D eigenvalue weighted by atomic mass is 9.99. The van der Waals surface area contributed by atoms with Crippen molar-refractivity contribution in [3.05, 3.63) is 28.7 Å². The van der Waals surface area contributed by atoms with Crippen LogP contribution in [0.15, 0.2) is 33.6 Å². The summed E-state index contributed by atoms with van der Waals surface area (Å²) in [5.74, 6) is 0.387. The molecule has 1 heterocycles. The molecule has 1 aliphatic heterocycles. The zero-order valence-electron chi connectivity index (χ0n) is 12.5. The highest BCUT2D eigenvalue weighted by Crippen LogP contribution is 2.28. The maximum atomic E-state index is 12.8. The van der Waals surface area contributed by atoms with Crippen molar-refractivity contribution < 1.29 is 8.42 Å². The molecule has 2 rings (SSSR count). The summed E-state index contributed by atoms with van der Waals surface area (Å²) >= 11 is 3.35. The number of sulfonamides is 1. The molecule has 6 heteroatoms. The van der Waals surface area contributed by atoms with Crippen LogP contribution >= 0.6 is 15.9 Å². The van der Waals surface area contributed by atoms with Gasteiger partial charge in [-0.25, -0.2) is 8.42 Å². The van der Waals surface area contributed by atoms with E-state index in [4.69, 9.17) is 0 Å². The number of hydrogen-bond donors (Lipinski definition) is 1. The molecule has 4 nitrogen and oxygen atoms in total. The highest BCUT2D eigenvalue weighted by atomic mass is 79.9. The number of benzene rings is 1. The Balaban J connectivity index is 2.11. The van der Waals surface area contributed by atoms with E-state index in [1.165, 1.54) is 0 Å². The minimum Gasteiger partial charge on any atom is -0.314 e. The van der Waals surface area contributed by atoms with Crippen LogP contribution in [0.3, 0.4) is 0 Å². The van der Waals surface area contributed by atoms with Gasteiger partial charge in [0.1, 0.15) is 0 Å². The number of piperidine rings is 1. The van der Waals surface area contributed by atoms with Crippen LogP contribution in [0.1, 0.15) is 26.7 Å². The van der Waals surface area contributed by atoms with Gasteiger partial charge in [-0.2, -0.15) is 4.31 Å². The minimum atomic E-state index is -3.41. The average molecular weight is 375 g/mol. The van der Waals surface area contributed by atoms with E-state index in [2.05, 4.69) is 35.1 Å². The predicted molar refractivity (Wildman–Crippen MR) is 88.8 cm³/mol. The molecule has 1 aliphatic rings. The lowest BCUT2D eigenvalue weighted by molar-refractivity contribution is 0.256. The molecule has 0 spiro atoms. The molecule has 1 unspecified atom stereocenters. The molecule has 0 bridgehead atoms. The van der Waals surface area contributed by atoms with Gasteiger partial charge in [-0.3, -0.25) is 0 Å². The van der Waals surface area contributed by atoms with Crippen LogP contribution in [0.2, 0.25) is 0 Å². The SMILES string of the molecule is CC(C)NCC1CCCN(S(=O)(=O)c2ccccc2Br)C1. The summed E-state index contributed by atoms with van der Waals surface area (Å²) in [7, 11) is -3.41. The number of nitrogens with one attached hydrogen (secondary N) is 1. The third kappa shape index (κ3) is 4.28. The van der Waals surface area contributed by atoms with Gasteiger partial charge in [0.2, 0.25) is 10.0 Å². The van der Waals surface area contributed by atoms with E-state index in [0.717, 1.165) is 19.4 Å². The Morgan fingerprint density at radius 2 is 2.10 bits per heavy atom. The van der Waals surface area contributed by atoms with E-state index in [0.29, 0.717) is 34.4 Å². The summed E-state index contributed by atoms with van der Waals surface area (Å²) in [6, 6.07) is 7.46. The van der Waals surface area contributed by atoms with Crippen molar-refractivity contribution in [1.82, 2.24) is 9.62 Å². The second-order valence-corrected chi connectivity index (χ2v) is 8.63. The summed E-state index contributed by atoms with van der Waals surface area (Å²) in [5, 5.41) is 3.41. The quantitative estimate of drug-likeness (QED) is 0.861. The van der Waals surface area contributed by atoms with Crippen molar-refractivity contribution >= 4 is 26.0 Å². The third-order valence-electron chi connectivity index (χ3n) is 3.75. The smallest absolute Gasteiger partial charge is 0.244 e. The predicted octanol–water partition coefficient (Wildman–Crippen LogP) is 2.85. The topological polar surface area (TPSA) is 49.4 Å². The second kappa shape index (κ2) is 7.22. The van der Waals surface area contributed by atoms with Crippen LogP contribution in [0.25, 0.3) is 0 Å². The Hall–Kier alpha value is -0.430. The largest absolute Gasteiger partial charge is 0.314 e. The number of rotatable bonds is 5. The minimum absolute atomic E-state index is 0.363. The third-order valence-corrected chi connectivity index (χ3v) is 6.63. The average Bonchev–Trinajstić information content (AvgIpc) is 2.45. The molecule has 1 aromatic carbocycles. The normalized spacial score (nSPS) is 20.9. The second-order valence-electron chi connectivity index (χ2n) is 5.86. The first kappa shape index (κ1) is 16.9. The van der Waals surface area contributed by atoms with Gasteiger partial charge < -0.3 is 5.32 Å². The summed E-state index contributed by atoms with van der Waals surface area (Å²) in [5.41, 5.74) is 0. The standard InChI is InChI=1S/C15H23BrN2O2S/c1-12(2)17-10-13-6-5-9-18(11-13)21(19,20)15-8-4-3-7-14(15)16/h3-4,7-8,12-13,17H,5-6,9-11H2,1-2H3. The van der Waals surface area contributed by atoms with Crippen LogP contribution in [0.4, 0.5) is 0 Å².